The molecule has 0 saturated carbocycles. The summed E-state index contributed by atoms with van der Waals surface area (Å²) in [6.45, 7) is 0.445. The van der Waals surface area contributed by atoms with Gasteiger partial charge < -0.3 is 9.73 Å². The Balaban J connectivity index is 1.09. The highest BCUT2D eigenvalue weighted by Crippen LogP contribution is 2.36. The molecule has 6 aromatic rings. The number of nitrogens with zero attached hydrogens (tertiary/aromatic N) is 1. The number of thiophene rings is 1. The third-order valence-electron chi connectivity index (χ3n) is 7.45. The fourth-order valence-electron chi connectivity index (χ4n) is 5.69. The van der Waals surface area contributed by atoms with Gasteiger partial charge in [-0.25, -0.2) is 9.78 Å². The summed E-state index contributed by atoms with van der Waals surface area (Å²) in [7, 11) is 0. The van der Waals surface area contributed by atoms with Crippen LogP contribution >= 0.6 is 11.3 Å². The maximum atomic E-state index is 12.7. The van der Waals surface area contributed by atoms with Crippen LogP contribution in [0.1, 0.15) is 41.2 Å². The number of amides is 1. The SMILES string of the molecule is O=C(CCc1nc2sc3c(c2c(=O)o1)CCCC3)NCc1ccc2ccc3cccc4ccc1c2c34. The van der Waals surface area contributed by atoms with E-state index in [-0.39, 0.29) is 18.0 Å². The quantitative estimate of drug-likeness (QED) is 0.288. The lowest BCUT2D eigenvalue weighted by atomic mass is 9.92. The lowest BCUT2D eigenvalue weighted by Gasteiger charge is -2.14. The summed E-state index contributed by atoms with van der Waals surface area (Å²) >= 11 is 1.60. The van der Waals surface area contributed by atoms with E-state index in [1.165, 1.54) is 31.8 Å². The van der Waals surface area contributed by atoms with Crippen molar-refractivity contribution in [3.8, 4) is 0 Å². The zero-order chi connectivity index (χ0) is 24.2. The van der Waals surface area contributed by atoms with Crippen LogP contribution in [0.3, 0.4) is 0 Å². The van der Waals surface area contributed by atoms with Gasteiger partial charge in [0.2, 0.25) is 5.91 Å². The molecule has 1 N–H and O–H groups in total. The van der Waals surface area contributed by atoms with E-state index >= 15 is 0 Å². The third kappa shape index (κ3) is 3.47. The van der Waals surface area contributed by atoms with Crippen LogP contribution in [0.5, 0.6) is 0 Å². The molecule has 0 saturated heterocycles. The minimum atomic E-state index is -0.316. The Morgan fingerprint density at radius 1 is 0.917 bits per heavy atom. The average Bonchev–Trinajstić information content (AvgIpc) is 3.28. The van der Waals surface area contributed by atoms with Crippen molar-refractivity contribution >= 4 is 59.8 Å². The first-order valence-electron chi connectivity index (χ1n) is 12.5. The van der Waals surface area contributed by atoms with Crippen molar-refractivity contribution in [1.82, 2.24) is 10.3 Å². The minimum absolute atomic E-state index is 0.0873. The molecule has 0 fully saturated rings. The van der Waals surface area contributed by atoms with Crippen molar-refractivity contribution in [3.63, 3.8) is 0 Å². The Bertz CT molecular complexity index is 1830. The number of carbonyl (C=O) groups is 1. The first-order valence-corrected chi connectivity index (χ1v) is 13.3. The second-order valence-electron chi connectivity index (χ2n) is 9.64. The summed E-state index contributed by atoms with van der Waals surface area (Å²) in [4.78, 5) is 32.0. The van der Waals surface area contributed by atoms with Gasteiger partial charge in [0.1, 0.15) is 10.2 Å². The highest BCUT2D eigenvalue weighted by Gasteiger charge is 2.21. The zero-order valence-corrected chi connectivity index (χ0v) is 20.5. The molecule has 0 aliphatic heterocycles. The molecule has 0 atom stereocenters. The van der Waals surface area contributed by atoms with E-state index in [0.29, 0.717) is 24.2 Å². The van der Waals surface area contributed by atoms with Gasteiger partial charge in [-0.2, -0.15) is 0 Å². The molecule has 7 rings (SSSR count). The molecule has 0 radical (unpaired) electrons. The molecule has 5 nitrogen and oxygen atoms in total. The fourth-order valence-corrected chi connectivity index (χ4v) is 6.96. The number of hydrogen-bond donors (Lipinski definition) is 1. The van der Waals surface area contributed by atoms with E-state index in [0.717, 1.165) is 47.0 Å². The molecule has 0 spiro atoms. The molecule has 178 valence electrons. The van der Waals surface area contributed by atoms with Crippen molar-refractivity contribution < 1.29 is 9.21 Å². The van der Waals surface area contributed by atoms with Crippen LogP contribution in [-0.2, 0) is 30.6 Å². The van der Waals surface area contributed by atoms with E-state index < -0.39 is 0 Å². The first-order chi connectivity index (χ1) is 17.7. The largest absolute Gasteiger partial charge is 0.408 e. The summed E-state index contributed by atoms with van der Waals surface area (Å²) < 4.78 is 5.51. The molecule has 1 aliphatic rings. The van der Waals surface area contributed by atoms with E-state index in [2.05, 4.69) is 64.9 Å². The Morgan fingerprint density at radius 3 is 2.53 bits per heavy atom. The molecule has 1 aliphatic carbocycles. The topological polar surface area (TPSA) is 72.2 Å². The van der Waals surface area contributed by atoms with Gasteiger partial charge in [0.15, 0.2) is 5.89 Å². The number of benzene rings is 4. The van der Waals surface area contributed by atoms with Crippen LogP contribution in [0.15, 0.2) is 63.8 Å². The van der Waals surface area contributed by atoms with Gasteiger partial charge in [-0.1, -0.05) is 54.6 Å². The second-order valence-corrected chi connectivity index (χ2v) is 10.7. The number of carbonyl (C=O) groups excluding carboxylic acids is 1. The number of fused-ring (bicyclic) bond motifs is 3. The monoisotopic (exact) mass is 492 g/mol. The van der Waals surface area contributed by atoms with Crippen LogP contribution < -0.4 is 10.9 Å². The number of nitrogens with one attached hydrogen (secondary N) is 1. The lowest BCUT2D eigenvalue weighted by molar-refractivity contribution is -0.121. The van der Waals surface area contributed by atoms with Crippen molar-refractivity contribution in [2.75, 3.05) is 0 Å². The Labute approximate surface area is 211 Å². The Kier molecular flexibility index (Phi) is 5.03. The van der Waals surface area contributed by atoms with Crippen LogP contribution in [0, 0.1) is 0 Å². The second kappa shape index (κ2) is 8.42. The number of hydrogen-bond acceptors (Lipinski definition) is 5. The molecule has 0 bridgehead atoms. The smallest absolute Gasteiger partial charge is 0.348 e. The summed E-state index contributed by atoms with van der Waals surface area (Å²) in [5.41, 5.74) is 1.90. The molecule has 6 heteroatoms. The Hall–Kier alpha value is -3.77. The van der Waals surface area contributed by atoms with E-state index in [1.54, 1.807) is 11.3 Å². The zero-order valence-electron chi connectivity index (χ0n) is 19.7. The average molecular weight is 493 g/mol. The summed E-state index contributed by atoms with van der Waals surface area (Å²) in [6.07, 6.45) is 4.72. The lowest BCUT2D eigenvalue weighted by Crippen LogP contribution is -2.23. The van der Waals surface area contributed by atoms with E-state index in [4.69, 9.17) is 4.42 Å². The van der Waals surface area contributed by atoms with E-state index in [1.807, 2.05) is 0 Å². The van der Waals surface area contributed by atoms with Gasteiger partial charge in [-0.3, -0.25) is 4.79 Å². The van der Waals surface area contributed by atoms with Crippen molar-refractivity contribution in [3.05, 3.63) is 86.9 Å². The summed E-state index contributed by atoms with van der Waals surface area (Å²) in [5, 5.41) is 11.0. The van der Waals surface area contributed by atoms with Gasteiger partial charge in [0, 0.05) is 24.3 Å². The van der Waals surface area contributed by atoms with E-state index in [9.17, 15) is 9.59 Å². The highest BCUT2D eigenvalue weighted by molar-refractivity contribution is 7.18. The third-order valence-corrected chi connectivity index (χ3v) is 8.64. The maximum Gasteiger partial charge on any atom is 0.348 e. The maximum absolute atomic E-state index is 12.7. The van der Waals surface area contributed by atoms with Crippen LogP contribution in [0.2, 0.25) is 0 Å². The van der Waals surface area contributed by atoms with Gasteiger partial charge in [0.25, 0.3) is 0 Å². The summed E-state index contributed by atoms with van der Waals surface area (Å²) in [5.74, 6) is 0.250. The number of aryl methyl sites for hydroxylation is 3. The van der Waals surface area contributed by atoms with Gasteiger partial charge in [-0.15, -0.1) is 11.3 Å². The first kappa shape index (κ1) is 21.5. The predicted molar refractivity (Wildman–Crippen MR) is 145 cm³/mol. The minimum Gasteiger partial charge on any atom is -0.408 e. The molecule has 2 aromatic heterocycles. The molecular formula is C30H24N2O3S. The van der Waals surface area contributed by atoms with Crippen molar-refractivity contribution in [2.45, 2.75) is 45.1 Å². The van der Waals surface area contributed by atoms with Crippen LogP contribution in [-0.4, -0.2) is 10.9 Å². The molecule has 2 heterocycles. The van der Waals surface area contributed by atoms with Crippen LogP contribution in [0.25, 0.3) is 42.5 Å². The number of rotatable bonds is 5. The van der Waals surface area contributed by atoms with Crippen molar-refractivity contribution in [1.29, 1.82) is 0 Å². The standard InChI is InChI=1S/C30H24N2O3S/c33-24(14-15-25-32-29-28(30(34)35-25)22-6-1-2-7-23(22)36-29)31-16-20-11-10-19-9-8-17-4-3-5-18-12-13-21(20)27(19)26(17)18/h3-5,8-13H,1-2,6-7,14-16H2,(H,31,33). The molecule has 1 amide bonds. The van der Waals surface area contributed by atoms with Gasteiger partial charge in [-0.05, 0) is 69.1 Å². The molecule has 4 aromatic carbocycles. The predicted octanol–water partition coefficient (Wildman–Crippen LogP) is 6.27. The van der Waals surface area contributed by atoms with Crippen molar-refractivity contribution in [2.24, 2.45) is 0 Å². The molecule has 0 unspecified atom stereocenters. The van der Waals surface area contributed by atoms with Crippen LogP contribution in [0.4, 0.5) is 0 Å². The van der Waals surface area contributed by atoms with Gasteiger partial charge >= 0.3 is 5.63 Å². The normalized spacial score (nSPS) is 13.7. The molecule has 36 heavy (non-hydrogen) atoms. The Morgan fingerprint density at radius 2 is 1.67 bits per heavy atom. The fraction of sp³-hybridized carbons (Fsp3) is 0.233. The van der Waals surface area contributed by atoms with Gasteiger partial charge in [0.05, 0.1) is 0 Å². The summed E-state index contributed by atoms with van der Waals surface area (Å²) in [6, 6.07) is 19.2. The number of aromatic nitrogens is 1. The molecular weight excluding hydrogens is 468 g/mol. The highest BCUT2D eigenvalue weighted by atomic mass is 32.1.